The number of hydrogen-bond donors (Lipinski definition) is 1. The summed E-state index contributed by atoms with van der Waals surface area (Å²) in [5.74, 6) is 0.247. The number of alkyl carbamates (subject to hydrolysis) is 1. The fourth-order valence-corrected chi connectivity index (χ4v) is 3.97. The zero-order valence-corrected chi connectivity index (χ0v) is 16.8. The van der Waals surface area contributed by atoms with Gasteiger partial charge in [-0.05, 0) is 30.4 Å². The molecule has 0 spiro atoms. The van der Waals surface area contributed by atoms with Crippen molar-refractivity contribution in [2.75, 3.05) is 6.54 Å². The summed E-state index contributed by atoms with van der Waals surface area (Å²) in [6, 6.07) is 19.5. The van der Waals surface area contributed by atoms with Crippen molar-refractivity contribution in [2.45, 2.75) is 38.6 Å². The Morgan fingerprint density at radius 1 is 1.10 bits per heavy atom. The van der Waals surface area contributed by atoms with Crippen molar-refractivity contribution in [2.24, 2.45) is 5.92 Å². The number of carbonyl (C=O) groups excluding carboxylic acids is 2. The monoisotopic (exact) mass is 392 g/mol. The van der Waals surface area contributed by atoms with E-state index in [0.717, 1.165) is 11.1 Å². The maximum Gasteiger partial charge on any atom is 0.407 e. The molecule has 0 aromatic heterocycles. The van der Waals surface area contributed by atoms with Gasteiger partial charge in [-0.2, -0.15) is 0 Å². The highest BCUT2D eigenvalue weighted by Crippen LogP contribution is 2.32. The van der Waals surface area contributed by atoms with Crippen molar-refractivity contribution in [3.05, 3.63) is 84.4 Å². The molecule has 0 aliphatic carbocycles. The summed E-state index contributed by atoms with van der Waals surface area (Å²) in [6.07, 6.45) is 2.13. The molecule has 29 heavy (non-hydrogen) atoms. The van der Waals surface area contributed by atoms with Crippen molar-refractivity contribution in [1.29, 1.82) is 0 Å². The number of benzene rings is 2. The highest BCUT2D eigenvalue weighted by molar-refractivity contribution is 5.82. The molecule has 3 rings (SSSR count). The third kappa shape index (κ3) is 5.55. The lowest BCUT2D eigenvalue weighted by Gasteiger charge is -2.28. The van der Waals surface area contributed by atoms with Crippen LogP contribution in [0.15, 0.2) is 73.3 Å². The van der Waals surface area contributed by atoms with Crippen molar-refractivity contribution < 1.29 is 14.3 Å². The van der Waals surface area contributed by atoms with Gasteiger partial charge in [0.2, 0.25) is 0 Å². The molecule has 1 aliphatic rings. The molecule has 2 aromatic rings. The molecule has 3 atom stereocenters. The van der Waals surface area contributed by atoms with Crippen LogP contribution in [0.1, 0.15) is 24.5 Å². The van der Waals surface area contributed by atoms with Gasteiger partial charge in [-0.25, -0.2) is 4.79 Å². The Hall–Kier alpha value is -2.92. The lowest BCUT2D eigenvalue weighted by molar-refractivity contribution is -0.121. The largest absolute Gasteiger partial charge is 0.445 e. The molecule has 2 aromatic carbocycles. The highest BCUT2D eigenvalue weighted by atomic mass is 16.5. The fourth-order valence-electron chi connectivity index (χ4n) is 3.97. The van der Waals surface area contributed by atoms with Gasteiger partial charge < -0.3 is 10.1 Å². The predicted molar refractivity (Wildman–Crippen MR) is 113 cm³/mol. The summed E-state index contributed by atoms with van der Waals surface area (Å²) in [6.45, 7) is 6.97. The summed E-state index contributed by atoms with van der Waals surface area (Å²) >= 11 is 0. The van der Waals surface area contributed by atoms with E-state index in [4.69, 9.17) is 4.74 Å². The second-order valence-electron chi connectivity index (χ2n) is 7.45. The molecule has 5 heteroatoms. The Balaban J connectivity index is 1.59. The van der Waals surface area contributed by atoms with E-state index in [-0.39, 0.29) is 30.4 Å². The lowest BCUT2D eigenvalue weighted by atomic mass is 9.98. The maximum atomic E-state index is 12.3. The fraction of sp³-hybridized carbons (Fsp3) is 0.333. The Kier molecular flexibility index (Phi) is 7.19. The third-order valence-electron chi connectivity index (χ3n) is 5.43. The number of rotatable bonds is 8. The number of carbonyl (C=O) groups is 2. The summed E-state index contributed by atoms with van der Waals surface area (Å²) in [5.41, 5.74) is 2.10. The number of nitrogens with one attached hydrogen (secondary N) is 1. The van der Waals surface area contributed by atoms with Crippen LogP contribution in [-0.4, -0.2) is 35.4 Å². The maximum absolute atomic E-state index is 12.3. The number of hydrogen-bond acceptors (Lipinski definition) is 4. The van der Waals surface area contributed by atoms with Crippen LogP contribution >= 0.6 is 0 Å². The third-order valence-corrected chi connectivity index (χ3v) is 5.43. The van der Waals surface area contributed by atoms with E-state index in [2.05, 4.69) is 28.9 Å². The van der Waals surface area contributed by atoms with Crippen LogP contribution in [0.2, 0.25) is 0 Å². The SMILES string of the molecule is C=C[C@H]1[C@H](CNC(=O)OCc2ccccc2)C[C@H](C(C)=O)N1Cc1ccccc1. The number of Topliss-reactive ketones (excluding diaryl/α,β-unsaturated/α-hetero) is 1. The standard InChI is InChI=1S/C24H28N2O3/c1-3-22-21(15-25-24(28)29-17-20-12-8-5-9-13-20)14-23(18(2)27)26(22)16-19-10-6-4-7-11-19/h3-13,21-23H,1,14-17H2,2H3,(H,25,28)/t21-,22-,23+/m0/s1. The van der Waals surface area contributed by atoms with Crippen LogP contribution < -0.4 is 5.32 Å². The molecular formula is C24H28N2O3. The van der Waals surface area contributed by atoms with E-state index >= 15 is 0 Å². The average Bonchev–Trinajstić information content (AvgIpc) is 3.09. The van der Waals surface area contributed by atoms with Gasteiger partial charge in [-0.15, -0.1) is 6.58 Å². The van der Waals surface area contributed by atoms with Crippen molar-refractivity contribution >= 4 is 11.9 Å². The summed E-state index contributed by atoms with van der Waals surface area (Å²) in [7, 11) is 0. The molecule has 1 aliphatic heterocycles. The quantitative estimate of drug-likeness (QED) is 0.691. The van der Waals surface area contributed by atoms with Gasteiger partial charge in [0.25, 0.3) is 0 Å². The van der Waals surface area contributed by atoms with E-state index in [9.17, 15) is 9.59 Å². The zero-order valence-electron chi connectivity index (χ0n) is 16.8. The first-order valence-corrected chi connectivity index (χ1v) is 9.95. The first-order valence-electron chi connectivity index (χ1n) is 9.95. The van der Waals surface area contributed by atoms with Crippen LogP contribution in [0.5, 0.6) is 0 Å². The summed E-state index contributed by atoms with van der Waals surface area (Å²) in [5, 5.41) is 2.86. The van der Waals surface area contributed by atoms with E-state index < -0.39 is 6.09 Å². The Morgan fingerprint density at radius 2 is 1.72 bits per heavy atom. The van der Waals surface area contributed by atoms with Crippen molar-refractivity contribution in [3.63, 3.8) is 0 Å². The number of likely N-dealkylation sites (tertiary alicyclic amines) is 1. The minimum Gasteiger partial charge on any atom is -0.445 e. The number of ketones is 1. The number of nitrogens with zero attached hydrogens (tertiary/aromatic N) is 1. The molecule has 1 N–H and O–H groups in total. The van der Waals surface area contributed by atoms with Gasteiger partial charge in [-0.1, -0.05) is 66.7 Å². The number of amides is 1. The van der Waals surface area contributed by atoms with Gasteiger partial charge in [0, 0.05) is 19.1 Å². The summed E-state index contributed by atoms with van der Waals surface area (Å²) < 4.78 is 5.30. The Labute approximate surface area is 172 Å². The molecule has 152 valence electrons. The molecular weight excluding hydrogens is 364 g/mol. The van der Waals surface area contributed by atoms with Crippen LogP contribution in [0.3, 0.4) is 0 Å². The van der Waals surface area contributed by atoms with Gasteiger partial charge in [0.1, 0.15) is 12.4 Å². The topological polar surface area (TPSA) is 58.6 Å². The second-order valence-corrected chi connectivity index (χ2v) is 7.45. The first-order chi connectivity index (χ1) is 14.1. The van der Waals surface area contributed by atoms with Crippen molar-refractivity contribution in [3.8, 4) is 0 Å². The number of ether oxygens (including phenoxy) is 1. The van der Waals surface area contributed by atoms with Gasteiger partial charge in [-0.3, -0.25) is 9.69 Å². The van der Waals surface area contributed by atoms with Crippen LogP contribution in [0.25, 0.3) is 0 Å². The smallest absolute Gasteiger partial charge is 0.407 e. The van der Waals surface area contributed by atoms with Gasteiger partial charge >= 0.3 is 6.09 Å². The van der Waals surface area contributed by atoms with E-state index in [1.54, 1.807) is 6.92 Å². The first kappa shape index (κ1) is 20.8. The molecule has 5 nitrogen and oxygen atoms in total. The average molecular weight is 392 g/mol. The highest BCUT2D eigenvalue weighted by Gasteiger charge is 2.41. The predicted octanol–water partition coefficient (Wildman–Crippen LogP) is 3.95. The van der Waals surface area contributed by atoms with Crippen molar-refractivity contribution in [1.82, 2.24) is 10.2 Å². The van der Waals surface area contributed by atoms with Crippen LogP contribution in [-0.2, 0) is 22.7 Å². The van der Waals surface area contributed by atoms with Crippen LogP contribution in [0.4, 0.5) is 4.79 Å². The minimum absolute atomic E-state index is 0.0125. The molecule has 0 saturated carbocycles. The molecule has 1 amide bonds. The molecule has 1 fully saturated rings. The van der Waals surface area contributed by atoms with E-state index in [1.807, 2.05) is 54.6 Å². The minimum atomic E-state index is -0.447. The summed E-state index contributed by atoms with van der Waals surface area (Å²) in [4.78, 5) is 26.6. The molecule has 0 bridgehead atoms. The van der Waals surface area contributed by atoms with E-state index in [0.29, 0.717) is 19.5 Å². The Morgan fingerprint density at radius 3 is 2.31 bits per heavy atom. The lowest BCUT2D eigenvalue weighted by Crippen LogP contribution is -2.40. The molecule has 1 saturated heterocycles. The van der Waals surface area contributed by atoms with E-state index in [1.165, 1.54) is 0 Å². The zero-order chi connectivity index (χ0) is 20.6. The normalized spacial score (nSPS) is 21.5. The van der Waals surface area contributed by atoms with Gasteiger partial charge in [0.15, 0.2) is 0 Å². The van der Waals surface area contributed by atoms with Gasteiger partial charge in [0.05, 0.1) is 6.04 Å². The van der Waals surface area contributed by atoms with Crippen LogP contribution in [0, 0.1) is 5.92 Å². The molecule has 1 heterocycles. The Bertz CT molecular complexity index is 823. The molecule has 0 radical (unpaired) electrons. The second kappa shape index (κ2) is 10.0. The molecule has 0 unspecified atom stereocenters.